The van der Waals surface area contributed by atoms with E-state index in [1.54, 1.807) is 6.07 Å². The second-order valence-corrected chi connectivity index (χ2v) is 3.57. The van der Waals surface area contributed by atoms with E-state index >= 15 is 0 Å². The van der Waals surface area contributed by atoms with Crippen molar-refractivity contribution in [1.29, 1.82) is 0 Å². The fraction of sp³-hybridized carbons (Fsp3) is 0. The molecule has 50 valence electrons. The molecule has 2 nitrogen and oxygen atoms in total. The van der Waals surface area contributed by atoms with Crippen LogP contribution in [0.4, 0.5) is 0 Å². The molecule has 0 atom stereocenters. The Kier molecular flexibility index (Phi) is 1.26. The third kappa shape index (κ3) is 0.753. The molecule has 0 aliphatic carbocycles. The van der Waals surface area contributed by atoms with Crippen molar-refractivity contribution < 1.29 is 3.48 Å². The molecule has 2 rings (SSSR count). The molecule has 0 aliphatic rings. The molecule has 0 aliphatic heterocycles. The third-order valence-electron chi connectivity index (χ3n) is 1.31. The van der Waals surface area contributed by atoms with Crippen molar-refractivity contribution in [2.24, 2.45) is 0 Å². The summed E-state index contributed by atoms with van der Waals surface area (Å²) in [6.07, 6.45) is 0. The van der Waals surface area contributed by atoms with Gasteiger partial charge >= 0.3 is 62.7 Å². The quantitative estimate of drug-likeness (QED) is 0.589. The topological polar surface area (TPSA) is 30.2 Å². The van der Waals surface area contributed by atoms with Crippen LogP contribution >= 0.6 is 0 Å². The maximum atomic E-state index is 10.9. The summed E-state index contributed by atoms with van der Waals surface area (Å²) in [5, 5.41) is 0.738. The Bertz CT molecular complexity index is 399. The van der Waals surface area contributed by atoms with Gasteiger partial charge in [-0.2, -0.15) is 0 Å². The van der Waals surface area contributed by atoms with Crippen molar-refractivity contribution in [3.05, 3.63) is 34.7 Å². The molecule has 1 heterocycles. The van der Waals surface area contributed by atoms with E-state index in [1.807, 2.05) is 18.2 Å². The molecule has 2 aromatic rings. The van der Waals surface area contributed by atoms with Crippen LogP contribution in [0.2, 0.25) is 0 Å². The normalized spacial score (nSPS) is 10.4. The van der Waals surface area contributed by atoms with Gasteiger partial charge in [-0.15, -0.1) is 0 Å². The molecule has 3 heteroatoms. The Morgan fingerprint density at radius 2 is 2.10 bits per heavy atom. The Morgan fingerprint density at radius 3 is 2.90 bits per heavy atom. The molecule has 10 heavy (non-hydrogen) atoms. The summed E-state index contributed by atoms with van der Waals surface area (Å²) in [6, 6.07) is 7.50. The number of benzene rings is 1. The van der Waals surface area contributed by atoms with Crippen LogP contribution in [0.25, 0.3) is 9.65 Å². The van der Waals surface area contributed by atoms with Crippen molar-refractivity contribution in [1.82, 2.24) is 0 Å². The average Bonchev–Trinajstić information content (AvgIpc) is 2.34. The van der Waals surface area contributed by atoms with E-state index < -0.39 is 0 Å². The first kappa shape index (κ1) is 5.95. The zero-order valence-corrected chi connectivity index (χ0v) is 6.75. The van der Waals surface area contributed by atoms with Crippen LogP contribution in [-0.2, 0) is 0 Å². The van der Waals surface area contributed by atoms with Crippen molar-refractivity contribution in [2.75, 3.05) is 0 Å². The van der Waals surface area contributed by atoms with E-state index in [-0.39, 0.29) is 20.5 Å². The molecule has 0 saturated heterocycles. The summed E-state index contributed by atoms with van der Waals surface area (Å²) >= 11 is -0.0757. The number of hydrogen-bond acceptors (Lipinski definition) is 2. The Labute approximate surface area is 63.2 Å². The van der Waals surface area contributed by atoms with Gasteiger partial charge in [0.25, 0.3) is 0 Å². The predicted octanol–water partition coefficient (Wildman–Crippen LogP) is 0.850. The van der Waals surface area contributed by atoms with Crippen molar-refractivity contribution in [2.45, 2.75) is 0 Å². The molecule has 0 N–H and O–H groups in total. The van der Waals surface area contributed by atoms with E-state index in [0.29, 0.717) is 0 Å². The number of fused-ring (bicyclic) bond motifs is 1. The first-order chi connectivity index (χ1) is 4.88. The van der Waals surface area contributed by atoms with Gasteiger partial charge in [0, 0.05) is 0 Å². The maximum absolute atomic E-state index is 10.9. The second-order valence-electron chi connectivity index (χ2n) is 1.95. The molecule has 0 fully saturated rings. The van der Waals surface area contributed by atoms with Gasteiger partial charge in [0.2, 0.25) is 0 Å². The molecular formula is C7H4O2Se. The van der Waals surface area contributed by atoms with Gasteiger partial charge < -0.3 is 0 Å². The van der Waals surface area contributed by atoms with Gasteiger partial charge in [-0.25, -0.2) is 0 Å². The number of rotatable bonds is 0. The standard InChI is InChI=1S/C7H4O2Se/c8-7-5-3-1-2-4-6(5)10-9-7/h1-4H. The van der Waals surface area contributed by atoms with Crippen molar-refractivity contribution >= 4 is 24.5 Å². The molecule has 0 amide bonds. The zero-order chi connectivity index (χ0) is 6.97. The van der Waals surface area contributed by atoms with Gasteiger partial charge in [0.05, 0.1) is 0 Å². The van der Waals surface area contributed by atoms with Crippen molar-refractivity contribution in [3.63, 3.8) is 0 Å². The monoisotopic (exact) mass is 200 g/mol. The van der Waals surface area contributed by atoms with E-state index in [2.05, 4.69) is 0 Å². The molecule has 0 spiro atoms. The molecule has 0 radical (unpaired) electrons. The fourth-order valence-electron chi connectivity index (χ4n) is 0.836. The first-order valence-electron chi connectivity index (χ1n) is 2.86. The van der Waals surface area contributed by atoms with E-state index in [1.165, 1.54) is 0 Å². The minimum absolute atomic E-state index is 0.0757. The van der Waals surface area contributed by atoms with Gasteiger partial charge in [0.1, 0.15) is 0 Å². The van der Waals surface area contributed by atoms with Gasteiger partial charge in [0.15, 0.2) is 0 Å². The van der Waals surface area contributed by atoms with Gasteiger partial charge in [-0.3, -0.25) is 0 Å². The van der Waals surface area contributed by atoms with Crippen LogP contribution in [0.1, 0.15) is 0 Å². The van der Waals surface area contributed by atoms with Crippen LogP contribution in [-0.4, -0.2) is 14.9 Å². The van der Waals surface area contributed by atoms with Crippen LogP contribution in [0, 0.1) is 0 Å². The molecule has 0 saturated carbocycles. The summed E-state index contributed by atoms with van der Waals surface area (Å²) < 4.78 is 5.90. The third-order valence-corrected chi connectivity index (χ3v) is 2.93. The summed E-state index contributed by atoms with van der Waals surface area (Å²) in [5.41, 5.74) is -0.171. The minimum atomic E-state index is -0.171. The van der Waals surface area contributed by atoms with E-state index in [4.69, 9.17) is 3.48 Å². The Balaban J connectivity index is 3.07. The fourth-order valence-corrected chi connectivity index (χ4v) is 2.16. The van der Waals surface area contributed by atoms with E-state index in [0.717, 1.165) is 9.65 Å². The van der Waals surface area contributed by atoms with E-state index in [9.17, 15) is 4.79 Å². The molecule has 0 bridgehead atoms. The van der Waals surface area contributed by atoms with Gasteiger partial charge in [-0.05, 0) is 0 Å². The Morgan fingerprint density at radius 1 is 1.30 bits per heavy atom. The van der Waals surface area contributed by atoms with Crippen LogP contribution in [0.15, 0.2) is 32.5 Å². The summed E-state index contributed by atoms with van der Waals surface area (Å²) in [5.74, 6) is 0. The van der Waals surface area contributed by atoms with Crippen molar-refractivity contribution in [3.8, 4) is 0 Å². The molecule has 1 aromatic heterocycles. The predicted molar refractivity (Wildman–Crippen MR) is 39.4 cm³/mol. The average molecular weight is 199 g/mol. The molecule has 0 unspecified atom stereocenters. The van der Waals surface area contributed by atoms with Crippen LogP contribution in [0.5, 0.6) is 0 Å². The van der Waals surface area contributed by atoms with Crippen LogP contribution < -0.4 is 5.63 Å². The second kappa shape index (κ2) is 2.11. The Hall–Kier alpha value is -0.791. The van der Waals surface area contributed by atoms with Crippen LogP contribution in [0.3, 0.4) is 0 Å². The summed E-state index contributed by atoms with van der Waals surface area (Å²) in [6.45, 7) is 0. The molecular weight excluding hydrogens is 195 g/mol. The first-order valence-corrected chi connectivity index (χ1v) is 4.41. The van der Waals surface area contributed by atoms with Gasteiger partial charge in [-0.1, -0.05) is 0 Å². The number of hydrogen-bond donors (Lipinski definition) is 0. The zero-order valence-electron chi connectivity index (χ0n) is 5.03. The molecule has 1 aromatic carbocycles. The summed E-state index contributed by atoms with van der Waals surface area (Å²) in [7, 11) is 0. The SMILES string of the molecule is O=c1o[se]c2ccccc12. The summed E-state index contributed by atoms with van der Waals surface area (Å²) in [4.78, 5) is 10.9.